The summed E-state index contributed by atoms with van der Waals surface area (Å²) in [6.07, 6.45) is 11.2. The van der Waals surface area contributed by atoms with E-state index in [4.69, 9.17) is 0 Å². The van der Waals surface area contributed by atoms with Crippen molar-refractivity contribution in [3.05, 3.63) is 18.6 Å². The smallest absolute Gasteiger partial charge is 0.150 e. The standard InChI is InChI=1S/C19H28N4O2S/c1-23(19-17-6-8-20-18(17)21-13-22-19)16-10-15(11-16)12-26(24,25)9-7-14-4-2-3-5-14/h6,8,13-16H,2-5,7,9-12H2,1H3,(H,20,21,22)/t15-,16+. The van der Waals surface area contributed by atoms with Crippen LogP contribution < -0.4 is 4.90 Å². The van der Waals surface area contributed by atoms with Gasteiger partial charge < -0.3 is 9.88 Å². The Morgan fingerprint density at radius 3 is 2.73 bits per heavy atom. The third kappa shape index (κ3) is 3.72. The van der Waals surface area contributed by atoms with Gasteiger partial charge in [0.1, 0.15) is 17.8 Å². The molecule has 0 radical (unpaired) electrons. The van der Waals surface area contributed by atoms with Crippen LogP contribution in [0.3, 0.4) is 0 Å². The fourth-order valence-corrected chi connectivity index (χ4v) is 6.40. The van der Waals surface area contributed by atoms with Gasteiger partial charge in [0.15, 0.2) is 9.84 Å². The molecule has 0 spiro atoms. The molecular weight excluding hydrogens is 348 g/mol. The molecule has 0 amide bonds. The van der Waals surface area contributed by atoms with Gasteiger partial charge in [0.2, 0.25) is 0 Å². The molecule has 7 heteroatoms. The fraction of sp³-hybridized carbons (Fsp3) is 0.684. The molecule has 2 aromatic heterocycles. The highest BCUT2D eigenvalue weighted by molar-refractivity contribution is 7.91. The fourth-order valence-electron chi connectivity index (χ4n) is 4.55. The van der Waals surface area contributed by atoms with Crippen molar-refractivity contribution in [3.63, 3.8) is 0 Å². The van der Waals surface area contributed by atoms with Crippen molar-refractivity contribution < 1.29 is 8.42 Å². The summed E-state index contributed by atoms with van der Waals surface area (Å²) in [6, 6.07) is 2.35. The normalized spacial score (nSPS) is 24.0. The second-order valence-corrected chi connectivity index (χ2v) is 10.3. The summed E-state index contributed by atoms with van der Waals surface area (Å²) in [5.41, 5.74) is 0.840. The first kappa shape index (κ1) is 17.8. The average Bonchev–Trinajstić information content (AvgIpc) is 3.26. The first-order valence-corrected chi connectivity index (χ1v) is 11.6. The summed E-state index contributed by atoms with van der Waals surface area (Å²) in [5, 5.41) is 1.02. The van der Waals surface area contributed by atoms with Gasteiger partial charge in [-0.05, 0) is 37.2 Å². The topological polar surface area (TPSA) is 79.0 Å². The Bertz CT molecular complexity index is 851. The SMILES string of the molecule is CN(c1ncnc2[nH]ccc12)[C@H]1C[C@@H](CS(=O)(=O)CCC2CCCC2)C1. The molecule has 0 aromatic carbocycles. The van der Waals surface area contributed by atoms with E-state index in [0.717, 1.165) is 36.1 Å². The van der Waals surface area contributed by atoms with Crippen LogP contribution in [0.5, 0.6) is 0 Å². The van der Waals surface area contributed by atoms with Crippen LogP contribution in [0.1, 0.15) is 44.9 Å². The minimum Gasteiger partial charge on any atom is -0.356 e. The Hall–Kier alpha value is -1.63. The molecule has 6 nitrogen and oxygen atoms in total. The predicted molar refractivity (Wildman–Crippen MR) is 104 cm³/mol. The highest BCUT2D eigenvalue weighted by Crippen LogP contribution is 2.36. The van der Waals surface area contributed by atoms with Gasteiger partial charge >= 0.3 is 0 Å². The molecule has 26 heavy (non-hydrogen) atoms. The Kier molecular flexibility index (Phi) is 4.90. The van der Waals surface area contributed by atoms with Crippen molar-refractivity contribution in [2.45, 2.75) is 51.0 Å². The minimum atomic E-state index is -2.92. The molecule has 2 aliphatic rings. The molecule has 2 saturated carbocycles. The number of sulfone groups is 1. The molecular formula is C19H28N4O2S. The minimum absolute atomic E-state index is 0.291. The highest BCUT2D eigenvalue weighted by Gasteiger charge is 2.36. The molecule has 2 aromatic rings. The van der Waals surface area contributed by atoms with E-state index in [9.17, 15) is 8.42 Å². The summed E-state index contributed by atoms with van der Waals surface area (Å²) in [5.74, 6) is 2.59. The lowest BCUT2D eigenvalue weighted by Crippen LogP contribution is -2.45. The van der Waals surface area contributed by atoms with Crippen LogP contribution in [0.4, 0.5) is 5.82 Å². The Morgan fingerprint density at radius 2 is 1.96 bits per heavy atom. The first-order chi connectivity index (χ1) is 12.5. The van der Waals surface area contributed by atoms with Crippen molar-refractivity contribution in [1.82, 2.24) is 15.0 Å². The van der Waals surface area contributed by atoms with E-state index in [-0.39, 0.29) is 0 Å². The van der Waals surface area contributed by atoms with Gasteiger partial charge in [-0.15, -0.1) is 0 Å². The number of nitrogens with one attached hydrogen (secondary N) is 1. The largest absolute Gasteiger partial charge is 0.356 e. The van der Waals surface area contributed by atoms with Gasteiger partial charge in [-0.1, -0.05) is 25.7 Å². The molecule has 2 heterocycles. The number of hydrogen-bond acceptors (Lipinski definition) is 5. The summed E-state index contributed by atoms with van der Waals surface area (Å²) in [7, 11) is -0.872. The molecule has 0 aliphatic heterocycles. The van der Waals surface area contributed by atoms with Crippen molar-refractivity contribution in [1.29, 1.82) is 0 Å². The lowest BCUT2D eigenvalue weighted by Gasteiger charge is -2.41. The Balaban J connectivity index is 1.30. The highest BCUT2D eigenvalue weighted by atomic mass is 32.2. The van der Waals surface area contributed by atoms with Crippen LogP contribution in [0.15, 0.2) is 18.6 Å². The number of fused-ring (bicyclic) bond motifs is 1. The molecule has 0 bridgehead atoms. The summed E-state index contributed by atoms with van der Waals surface area (Å²) in [6.45, 7) is 0. The third-order valence-electron chi connectivity index (χ3n) is 6.23. The predicted octanol–water partition coefficient (Wildman–Crippen LogP) is 3.17. The van der Waals surface area contributed by atoms with Crippen LogP contribution in [0.25, 0.3) is 11.0 Å². The molecule has 2 fully saturated rings. The lowest BCUT2D eigenvalue weighted by atomic mass is 9.81. The van der Waals surface area contributed by atoms with E-state index in [1.54, 1.807) is 6.33 Å². The van der Waals surface area contributed by atoms with Gasteiger partial charge in [-0.2, -0.15) is 0 Å². The second-order valence-electron chi connectivity index (χ2n) is 8.09. The maximum absolute atomic E-state index is 12.4. The maximum atomic E-state index is 12.4. The molecule has 4 rings (SSSR count). The van der Waals surface area contributed by atoms with Crippen LogP contribution in [0, 0.1) is 11.8 Å². The molecule has 0 unspecified atom stereocenters. The van der Waals surface area contributed by atoms with Gasteiger partial charge in [0.25, 0.3) is 0 Å². The zero-order valence-electron chi connectivity index (χ0n) is 15.4. The van der Waals surface area contributed by atoms with Gasteiger partial charge in [-0.25, -0.2) is 18.4 Å². The summed E-state index contributed by atoms with van der Waals surface area (Å²) >= 11 is 0. The van der Waals surface area contributed by atoms with E-state index in [0.29, 0.717) is 29.4 Å². The average molecular weight is 377 g/mol. The number of nitrogens with zero attached hydrogens (tertiary/aromatic N) is 3. The van der Waals surface area contributed by atoms with Crippen LogP contribution >= 0.6 is 0 Å². The van der Waals surface area contributed by atoms with E-state index < -0.39 is 9.84 Å². The van der Waals surface area contributed by atoms with E-state index in [1.807, 2.05) is 19.3 Å². The Morgan fingerprint density at radius 1 is 1.19 bits per heavy atom. The third-order valence-corrected chi connectivity index (χ3v) is 8.06. The second kappa shape index (κ2) is 7.18. The molecule has 2 aliphatic carbocycles. The van der Waals surface area contributed by atoms with Crippen molar-refractivity contribution in [2.75, 3.05) is 23.5 Å². The molecule has 0 atom stereocenters. The maximum Gasteiger partial charge on any atom is 0.150 e. The number of aromatic nitrogens is 3. The van der Waals surface area contributed by atoms with Crippen molar-refractivity contribution >= 4 is 26.7 Å². The molecule has 142 valence electrons. The van der Waals surface area contributed by atoms with Gasteiger partial charge in [0, 0.05) is 19.3 Å². The van der Waals surface area contributed by atoms with Crippen LogP contribution in [-0.2, 0) is 9.84 Å². The van der Waals surface area contributed by atoms with E-state index in [1.165, 1.54) is 25.7 Å². The monoisotopic (exact) mass is 376 g/mol. The number of hydrogen-bond donors (Lipinski definition) is 1. The van der Waals surface area contributed by atoms with Crippen LogP contribution in [-0.4, -0.2) is 48.0 Å². The van der Waals surface area contributed by atoms with E-state index in [2.05, 4.69) is 19.9 Å². The number of aromatic amines is 1. The van der Waals surface area contributed by atoms with E-state index >= 15 is 0 Å². The van der Waals surface area contributed by atoms with Crippen LogP contribution in [0.2, 0.25) is 0 Å². The quantitative estimate of drug-likeness (QED) is 0.803. The molecule has 0 saturated heterocycles. The summed E-state index contributed by atoms with van der Waals surface area (Å²) < 4.78 is 24.9. The van der Waals surface area contributed by atoms with Gasteiger partial charge in [0.05, 0.1) is 16.9 Å². The first-order valence-electron chi connectivity index (χ1n) is 9.73. The number of H-pyrrole nitrogens is 1. The van der Waals surface area contributed by atoms with Gasteiger partial charge in [-0.3, -0.25) is 0 Å². The number of anilines is 1. The number of rotatable bonds is 7. The van der Waals surface area contributed by atoms with Crippen molar-refractivity contribution in [2.24, 2.45) is 11.8 Å². The Labute approximate surface area is 155 Å². The summed E-state index contributed by atoms with van der Waals surface area (Å²) in [4.78, 5) is 14.0. The molecule has 1 N–H and O–H groups in total. The zero-order chi connectivity index (χ0) is 18.1. The zero-order valence-corrected chi connectivity index (χ0v) is 16.2. The van der Waals surface area contributed by atoms with Crippen molar-refractivity contribution in [3.8, 4) is 0 Å². The lowest BCUT2D eigenvalue weighted by molar-refractivity contribution is 0.282.